The second kappa shape index (κ2) is 13.7. The Hall–Kier alpha value is -4.51. The van der Waals surface area contributed by atoms with Gasteiger partial charge in [0.25, 0.3) is 10.0 Å². The number of benzene rings is 1. The van der Waals surface area contributed by atoms with E-state index in [1.165, 1.54) is 23.4 Å². The molecule has 1 heterocycles. The molecule has 0 amide bonds. The molecule has 11 heteroatoms. The van der Waals surface area contributed by atoms with Gasteiger partial charge in [-0.05, 0) is 41.8 Å². The maximum absolute atomic E-state index is 13.3. The molecule has 0 unspecified atom stereocenters. The molecule has 200 valence electrons. The average Bonchev–Trinajstić information content (AvgIpc) is 2.90. The number of hydrogen-bond acceptors (Lipinski definition) is 9. The van der Waals surface area contributed by atoms with Gasteiger partial charge in [-0.1, -0.05) is 24.8 Å². The van der Waals surface area contributed by atoms with Crippen LogP contribution in [0.4, 0.5) is 11.4 Å². The van der Waals surface area contributed by atoms with Crippen molar-refractivity contribution in [1.82, 2.24) is 15.2 Å². The molecule has 1 aromatic heterocycles. The minimum Gasteiger partial charge on any atom is -0.393 e. The third kappa shape index (κ3) is 7.74. The summed E-state index contributed by atoms with van der Waals surface area (Å²) in [5, 5.41) is 25.1. The summed E-state index contributed by atoms with van der Waals surface area (Å²) in [6.45, 7) is 3.80. The van der Waals surface area contributed by atoms with Crippen molar-refractivity contribution in [2.24, 2.45) is 0 Å². The smallest absolute Gasteiger partial charge is 0.277 e. The van der Waals surface area contributed by atoms with Crippen molar-refractivity contribution in [3.05, 3.63) is 89.5 Å². The van der Waals surface area contributed by atoms with Crippen LogP contribution in [0, 0.1) is 16.2 Å². The van der Waals surface area contributed by atoms with Gasteiger partial charge in [-0.3, -0.25) is 9.71 Å². The highest BCUT2D eigenvalue weighted by atomic mass is 32.2. The third-order valence-electron chi connectivity index (χ3n) is 5.47. The molecule has 0 aliphatic heterocycles. The molecule has 0 fully saturated rings. The molecule has 0 radical (unpaired) electrons. The van der Waals surface area contributed by atoms with Gasteiger partial charge in [0.1, 0.15) is 10.7 Å². The molecule has 0 aliphatic rings. The Labute approximate surface area is 224 Å². The molecule has 10 nitrogen and oxygen atoms in total. The summed E-state index contributed by atoms with van der Waals surface area (Å²) in [6, 6.07) is 9.37. The summed E-state index contributed by atoms with van der Waals surface area (Å²) in [5.41, 5.74) is 3.94. The summed E-state index contributed by atoms with van der Waals surface area (Å²) < 4.78 is 29.0. The summed E-state index contributed by atoms with van der Waals surface area (Å²) >= 11 is 0. The number of allylic oxidation sites excluding steroid dienone is 4. The molecule has 0 saturated carbocycles. The molecule has 2 aromatic rings. The molecule has 0 spiro atoms. The Morgan fingerprint density at radius 1 is 1.11 bits per heavy atom. The number of sulfonamides is 1. The van der Waals surface area contributed by atoms with Gasteiger partial charge < -0.3 is 31.3 Å². The summed E-state index contributed by atoms with van der Waals surface area (Å²) in [7, 11) is 3.04. The fraction of sp³-hybridized carbons (Fsp3) is 0.185. The van der Waals surface area contributed by atoms with Crippen LogP contribution in [-0.2, 0) is 10.0 Å². The van der Waals surface area contributed by atoms with Crippen molar-refractivity contribution in [1.29, 1.82) is 16.2 Å². The van der Waals surface area contributed by atoms with E-state index >= 15 is 0 Å². The number of rotatable bonds is 14. The summed E-state index contributed by atoms with van der Waals surface area (Å²) in [6.07, 6.45) is 11.9. The predicted molar refractivity (Wildman–Crippen MR) is 159 cm³/mol. The molecule has 5 N–H and O–H groups in total. The maximum Gasteiger partial charge on any atom is 0.277 e. The van der Waals surface area contributed by atoms with Crippen molar-refractivity contribution in [3.63, 3.8) is 0 Å². The minimum absolute atomic E-state index is 0.0910. The lowest BCUT2D eigenvalue weighted by atomic mass is 10.0. The Balaban J connectivity index is 2.42. The normalized spacial score (nSPS) is 12.1. The Morgan fingerprint density at radius 2 is 1.79 bits per heavy atom. The van der Waals surface area contributed by atoms with Crippen molar-refractivity contribution in [2.75, 3.05) is 37.8 Å². The zero-order valence-electron chi connectivity index (χ0n) is 22.0. The van der Waals surface area contributed by atoms with E-state index < -0.39 is 10.0 Å². The van der Waals surface area contributed by atoms with Crippen LogP contribution < -0.4 is 14.9 Å². The standard InChI is InChI=1S/C27H34N8O2S/c1-20(35(5)19-22(8-6-7-13-28)21-9-11-25(12-10-21)34(3)4)38(36,37)33-26-14-23(18-32-27(26)16-30)24(15-29)17-31-2/h6-7,9-19,28-31,33H,1,8H2,2-5H3/b7-6-,22-19+,24-17+,28-13?,29-15?,30-16?. The third-order valence-corrected chi connectivity index (χ3v) is 6.86. The number of nitrogens with one attached hydrogen (secondary N) is 5. The number of anilines is 2. The first-order valence-electron chi connectivity index (χ1n) is 11.5. The van der Waals surface area contributed by atoms with Crippen LogP contribution in [0.25, 0.3) is 11.1 Å². The molecular weight excluding hydrogens is 500 g/mol. The fourth-order valence-corrected chi connectivity index (χ4v) is 4.38. The number of hydrogen-bond donors (Lipinski definition) is 5. The van der Waals surface area contributed by atoms with Crippen LogP contribution in [-0.4, -0.2) is 65.1 Å². The van der Waals surface area contributed by atoms with Gasteiger partial charge in [0.2, 0.25) is 0 Å². The van der Waals surface area contributed by atoms with Gasteiger partial charge in [-0.2, -0.15) is 8.42 Å². The van der Waals surface area contributed by atoms with Crippen LogP contribution in [0.1, 0.15) is 23.2 Å². The molecule has 38 heavy (non-hydrogen) atoms. The first kappa shape index (κ1) is 29.7. The van der Waals surface area contributed by atoms with Crippen LogP contribution >= 0.6 is 0 Å². The first-order chi connectivity index (χ1) is 18.1. The van der Waals surface area contributed by atoms with Gasteiger partial charge in [-0.25, -0.2) is 0 Å². The zero-order chi connectivity index (χ0) is 28.3. The van der Waals surface area contributed by atoms with E-state index in [-0.39, 0.29) is 16.4 Å². The van der Waals surface area contributed by atoms with E-state index in [2.05, 4.69) is 21.6 Å². The first-order valence-corrected chi connectivity index (χ1v) is 13.0. The molecule has 1 aromatic carbocycles. The van der Waals surface area contributed by atoms with Gasteiger partial charge >= 0.3 is 0 Å². The van der Waals surface area contributed by atoms with E-state index in [0.29, 0.717) is 17.6 Å². The minimum atomic E-state index is -4.14. The van der Waals surface area contributed by atoms with Crippen molar-refractivity contribution >= 4 is 51.2 Å². The highest BCUT2D eigenvalue weighted by Gasteiger charge is 2.21. The highest BCUT2D eigenvalue weighted by molar-refractivity contribution is 7.96. The lowest BCUT2D eigenvalue weighted by Gasteiger charge is -2.21. The molecule has 0 bridgehead atoms. The maximum atomic E-state index is 13.3. The van der Waals surface area contributed by atoms with Gasteiger partial charge in [0.15, 0.2) is 0 Å². The molecule has 0 aliphatic carbocycles. The summed E-state index contributed by atoms with van der Waals surface area (Å²) in [5.74, 6) is 0. The lowest BCUT2D eigenvalue weighted by Crippen LogP contribution is -2.24. The summed E-state index contributed by atoms with van der Waals surface area (Å²) in [4.78, 5) is 7.56. The monoisotopic (exact) mass is 534 g/mol. The lowest BCUT2D eigenvalue weighted by molar-refractivity contribution is 0.564. The molecule has 0 atom stereocenters. The van der Waals surface area contributed by atoms with E-state index in [4.69, 9.17) is 16.2 Å². The quantitative estimate of drug-likeness (QED) is 0.230. The van der Waals surface area contributed by atoms with Crippen molar-refractivity contribution < 1.29 is 8.42 Å². The van der Waals surface area contributed by atoms with E-state index in [1.54, 1.807) is 32.6 Å². The van der Waals surface area contributed by atoms with Gasteiger partial charge in [0.05, 0.1) is 5.69 Å². The number of nitrogens with zero attached hydrogens (tertiary/aromatic N) is 3. The zero-order valence-corrected chi connectivity index (χ0v) is 22.8. The Bertz CT molecular complexity index is 1370. The van der Waals surface area contributed by atoms with Crippen molar-refractivity contribution in [3.8, 4) is 0 Å². The van der Waals surface area contributed by atoms with Gasteiger partial charge in [-0.15, -0.1) is 0 Å². The van der Waals surface area contributed by atoms with Crippen LogP contribution in [0.15, 0.2) is 72.7 Å². The Kier molecular flexibility index (Phi) is 10.7. The SMILES string of the molecule is C=C(N(C)/C=C(\C/C=C\C=N)c1ccc(N(C)C)cc1)S(=O)(=O)Nc1cc(/C(C=N)=C/NC)cnc1C=N. The number of pyridine rings is 1. The van der Waals surface area contributed by atoms with Crippen molar-refractivity contribution in [2.45, 2.75) is 6.42 Å². The van der Waals surface area contributed by atoms with Crippen LogP contribution in [0.5, 0.6) is 0 Å². The fourth-order valence-electron chi connectivity index (χ4n) is 3.37. The second-order valence-electron chi connectivity index (χ2n) is 8.34. The van der Waals surface area contributed by atoms with E-state index in [0.717, 1.165) is 29.3 Å². The van der Waals surface area contributed by atoms with Gasteiger partial charge in [0, 0.05) is 82.3 Å². The molecular formula is C27H34N8O2S. The predicted octanol–water partition coefficient (Wildman–Crippen LogP) is 4.14. The van der Waals surface area contributed by atoms with Crippen LogP contribution in [0.2, 0.25) is 0 Å². The van der Waals surface area contributed by atoms with E-state index in [9.17, 15) is 8.42 Å². The molecule has 2 rings (SSSR count). The topological polar surface area (TPSA) is 149 Å². The molecule has 0 saturated heterocycles. The van der Waals surface area contributed by atoms with E-state index in [1.807, 2.05) is 49.3 Å². The highest BCUT2D eigenvalue weighted by Crippen LogP contribution is 2.26. The largest absolute Gasteiger partial charge is 0.393 e. The second-order valence-corrected chi connectivity index (χ2v) is 10.0. The van der Waals surface area contributed by atoms with Crippen LogP contribution in [0.3, 0.4) is 0 Å². The average molecular weight is 535 g/mol. The number of aromatic nitrogens is 1. The Morgan fingerprint density at radius 3 is 2.34 bits per heavy atom.